The van der Waals surface area contributed by atoms with Crippen LogP contribution >= 0.6 is 22.7 Å². The number of fused-ring (bicyclic) bond motifs is 1. The molecule has 1 amide bonds. The molecule has 0 saturated carbocycles. The summed E-state index contributed by atoms with van der Waals surface area (Å²) >= 11 is 2.59. The van der Waals surface area contributed by atoms with Crippen molar-refractivity contribution in [2.24, 2.45) is 0 Å². The number of hydrogen-bond acceptors (Lipinski definition) is 7. The molecule has 0 radical (unpaired) electrons. The van der Waals surface area contributed by atoms with Gasteiger partial charge in [0.25, 0.3) is 5.91 Å². The Morgan fingerprint density at radius 2 is 1.96 bits per heavy atom. The monoisotopic (exact) mass is 367 g/mol. The van der Waals surface area contributed by atoms with Crippen LogP contribution in [0.4, 0.5) is 10.8 Å². The number of nitrogens with one attached hydrogen (secondary N) is 1. The maximum absolute atomic E-state index is 12.6. The van der Waals surface area contributed by atoms with Gasteiger partial charge in [-0.15, -0.1) is 21.5 Å². The topological polar surface area (TPSA) is 93.8 Å². The molecule has 0 atom stereocenters. The molecule has 4 aromatic rings. The fourth-order valence-electron chi connectivity index (χ4n) is 2.40. The number of benzene rings is 1. The number of anilines is 2. The van der Waals surface area contributed by atoms with E-state index in [0.717, 1.165) is 26.4 Å². The molecular formula is C17H13N5OS2. The maximum Gasteiger partial charge on any atom is 0.269 e. The first-order valence-electron chi connectivity index (χ1n) is 7.47. The van der Waals surface area contributed by atoms with Gasteiger partial charge < -0.3 is 5.73 Å². The van der Waals surface area contributed by atoms with Gasteiger partial charge >= 0.3 is 0 Å². The molecule has 0 aliphatic carbocycles. The molecule has 0 saturated heterocycles. The summed E-state index contributed by atoms with van der Waals surface area (Å²) < 4.78 is 0. The van der Waals surface area contributed by atoms with Crippen LogP contribution in [-0.2, 0) is 0 Å². The van der Waals surface area contributed by atoms with E-state index in [2.05, 4.69) is 20.5 Å². The summed E-state index contributed by atoms with van der Waals surface area (Å²) in [6.07, 6.45) is 1.76. The standard InChI is InChI=1S/C17H13N5OS2/c1-9-7-11-12(18)13(24-16(11)19-8-9)14(23)20-17-22-21-15(25-17)10-5-3-2-4-6-10/h2-8H,18H2,1H3,(H,20,22,23). The van der Waals surface area contributed by atoms with Crippen LogP contribution in [0.5, 0.6) is 0 Å². The normalized spacial score (nSPS) is 10.9. The minimum atomic E-state index is -0.297. The molecule has 0 spiro atoms. The van der Waals surface area contributed by atoms with E-state index in [1.165, 1.54) is 22.7 Å². The lowest BCUT2D eigenvalue weighted by Crippen LogP contribution is -2.11. The first-order chi connectivity index (χ1) is 12.1. The SMILES string of the molecule is Cc1cnc2sc(C(=O)Nc3nnc(-c4ccccc4)s3)c(N)c2c1. The molecule has 0 unspecified atom stereocenters. The Balaban J connectivity index is 1.61. The fraction of sp³-hybridized carbons (Fsp3) is 0.0588. The largest absolute Gasteiger partial charge is 0.397 e. The fourth-order valence-corrected chi connectivity index (χ4v) is 4.08. The van der Waals surface area contributed by atoms with Gasteiger partial charge in [0.15, 0.2) is 0 Å². The molecule has 0 aliphatic rings. The van der Waals surface area contributed by atoms with Gasteiger partial charge in [0.2, 0.25) is 5.13 Å². The van der Waals surface area contributed by atoms with E-state index in [1.54, 1.807) is 6.20 Å². The number of pyridine rings is 1. The second-order valence-electron chi connectivity index (χ2n) is 5.44. The van der Waals surface area contributed by atoms with Crippen molar-refractivity contribution in [2.75, 3.05) is 11.1 Å². The van der Waals surface area contributed by atoms with E-state index in [9.17, 15) is 4.79 Å². The van der Waals surface area contributed by atoms with Gasteiger partial charge in [0, 0.05) is 17.1 Å². The molecule has 6 nitrogen and oxygen atoms in total. The van der Waals surface area contributed by atoms with Crippen molar-refractivity contribution in [1.29, 1.82) is 0 Å². The Morgan fingerprint density at radius 1 is 1.16 bits per heavy atom. The van der Waals surface area contributed by atoms with Crippen LogP contribution in [0, 0.1) is 6.92 Å². The quantitative estimate of drug-likeness (QED) is 0.572. The first-order valence-corrected chi connectivity index (χ1v) is 9.10. The second-order valence-corrected chi connectivity index (χ2v) is 7.42. The lowest BCUT2D eigenvalue weighted by atomic mass is 10.2. The van der Waals surface area contributed by atoms with Crippen LogP contribution in [0.3, 0.4) is 0 Å². The number of thiophene rings is 1. The highest BCUT2D eigenvalue weighted by atomic mass is 32.1. The Kier molecular flexibility index (Phi) is 3.90. The second kappa shape index (κ2) is 6.23. The van der Waals surface area contributed by atoms with Crippen molar-refractivity contribution in [3.63, 3.8) is 0 Å². The van der Waals surface area contributed by atoms with E-state index < -0.39 is 0 Å². The zero-order valence-electron chi connectivity index (χ0n) is 13.2. The molecule has 0 aliphatic heterocycles. The molecular weight excluding hydrogens is 354 g/mol. The number of amides is 1. The average molecular weight is 367 g/mol. The summed E-state index contributed by atoms with van der Waals surface area (Å²) in [4.78, 5) is 18.1. The maximum atomic E-state index is 12.6. The van der Waals surface area contributed by atoms with Crippen molar-refractivity contribution in [2.45, 2.75) is 6.92 Å². The molecule has 124 valence electrons. The number of aryl methyl sites for hydroxylation is 1. The average Bonchev–Trinajstić information content (AvgIpc) is 3.21. The number of nitrogens with zero attached hydrogens (tertiary/aromatic N) is 3. The van der Waals surface area contributed by atoms with E-state index in [4.69, 9.17) is 5.73 Å². The third-order valence-electron chi connectivity index (χ3n) is 3.59. The van der Waals surface area contributed by atoms with Crippen LogP contribution in [-0.4, -0.2) is 21.1 Å². The van der Waals surface area contributed by atoms with Crippen LogP contribution < -0.4 is 11.1 Å². The molecule has 4 rings (SSSR count). The van der Waals surface area contributed by atoms with Crippen molar-refractivity contribution in [1.82, 2.24) is 15.2 Å². The third kappa shape index (κ3) is 2.97. The summed E-state index contributed by atoms with van der Waals surface area (Å²) in [6, 6.07) is 11.6. The molecule has 25 heavy (non-hydrogen) atoms. The smallest absolute Gasteiger partial charge is 0.269 e. The zero-order valence-corrected chi connectivity index (χ0v) is 14.8. The number of nitrogen functional groups attached to an aromatic ring is 1. The van der Waals surface area contributed by atoms with Crippen LogP contribution in [0.1, 0.15) is 15.2 Å². The molecule has 0 fully saturated rings. The lowest BCUT2D eigenvalue weighted by Gasteiger charge is -1.99. The summed E-state index contributed by atoms with van der Waals surface area (Å²) in [5.41, 5.74) is 8.54. The van der Waals surface area contributed by atoms with E-state index >= 15 is 0 Å². The molecule has 3 heterocycles. The Bertz CT molecular complexity index is 1070. The summed E-state index contributed by atoms with van der Waals surface area (Å²) in [5, 5.41) is 12.9. The number of aromatic nitrogens is 3. The van der Waals surface area contributed by atoms with E-state index in [1.807, 2.05) is 43.3 Å². The van der Waals surface area contributed by atoms with Crippen LogP contribution in [0.15, 0.2) is 42.6 Å². The van der Waals surface area contributed by atoms with E-state index in [0.29, 0.717) is 15.7 Å². The predicted molar refractivity (Wildman–Crippen MR) is 102 cm³/mol. The minimum Gasteiger partial charge on any atom is -0.397 e. The summed E-state index contributed by atoms with van der Waals surface area (Å²) in [5.74, 6) is -0.297. The molecule has 8 heteroatoms. The summed E-state index contributed by atoms with van der Waals surface area (Å²) in [6.45, 7) is 1.94. The Labute approximate surface area is 151 Å². The van der Waals surface area contributed by atoms with Gasteiger partial charge in [0.1, 0.15) is 14.7 Å². The van der Waals surface area contributed by atoms with Crippen molar-refractivity contribution in [3.8, 4) is 10.6 Å². The highest BCUT2D eigenvalue weighted by Crippen LogP contribution is 2.34. The Morgan fingerprint density at radius 3 is 2.76 bits per heavy atom. The number of rotatable bonds is 3. The van der Waals surface area contributed by atoms with Gasteiger partial charge in [-0.1, -0.05) is 41.7 Å². The highest BCUT2D eigenvalue weighted by Gasteiger charge is 2.19. The molecule has 3 aromatic heterocycles. The van der Waals surface area contributed by atoms with Crippen molar-refractivity contribution in [3.05, 3.63) is 53.0 Å². The van der Waals surface area contributed by atoms with Gasteiger partial charge in [0.05, 0.1) is 5.69 Å². The van der Waals surface area contributed by atoms with Gasteiger partial charge in [-0.05, 0) is 18.6 Å². The predicted octanol–water partition coefficient (Wildman–Crippen LogP) is 3.96. The van der Waals surface area contributed by atoms with Crippen molar-refractivity contribution >= 4 is 49.6 Å². The number of nitrogens with two attached hydrogens (primary N) is 1. The minimum absolute atomic E-state index is 0.297. The van der Waals surface area contributed by atoms with Crippen LogP contribution in [0.25, 0.3) is 20.8 Å². The Hall–Kier alpha value is -2.84. The van der Waals surface area contributed by atoms with Gasteiger partial charge in [-0.2, -0.15) is 0 Å². The van der Waals surface area contributed by atoms with E-state index in [-0.39, 0.29) is 5.91 Å². The number of carbonyl (C=O) groups is 1. The van der Waals surface area contributed by atoms with Crippen LogP contribution in [0.2, 0.25) is 0 Å². The van der Waals surface area contributed by atoms with Gasteiger partial charge in [-0.3, -0.25) is 10.1 Å². The number of hydrogen-bond donors (Lipinski definition) is 2. The summed E-state index contributed by atoms with van der Waals surface area (Å²) in [7, 11) is 0. The molecule has 0 bridgehead atoms. The van der Waals surface area contributed by atoms with Gasteiger partial charge in [-0.25, -0.2) is 4.98 Å². The molecule has 3 N–H and O–H groups in total. The lowest BCUT2D eigenvalue weighted by molar-refractivity contribution is 0.103. The number of carbonyl (C=O) groups excluding carboxylic acids is 1. The third-order valence-corrected chi connectivity index (χ3v) is 5.61. The highest BCUT2D eigenvalue weighted by molar-refractivity contribution is 7.21. The molecule has 1 aromatic carbocycles. The van der Waals surface area contributed by atoms with Crippen molar-refractivity contribution < 1.29 is 4.79 Å². The first kappa shape index (κ1) is 15.7. The zero-order chi connectivity index (χ0) is 17.4.